The van der Waals surface area contributed by atoms with Crippen molar-refractivity contribution in [2.24, 2.45) is 0 Å². The maximum Gasteiger partial charge on any atom is 0.0252 e. The second kappa shape index (κ2) is 4.89. The molecule has 0 aromatic carbocycles. The van der Waals surface area contributed by atoms with Crippen molar-refractivity contribution in [2.75, 3.05) is 13.1 Å². The third kappa shape index (κ3) is 2.33. The van der Waals surface area contributed by atoms with Gasteiger partial charge in [0.15, 0.2) is 0 Å². The van der Waals surface area contributed by atoms with Gasteiger partial charge in [-0.25, -0.2) is 0 Å². The predicted octanol–water partition coefficient (Wildman–Crippen LogP) is 2.31. The van der Waals surface area contributed by atoms with Crippen LogP contribution in [-0.4, -0.2) is 36.1 Å². The Morgan fingerprint density at radius 3 is 2.94 bits per heavy atom. The molecule has 2 nitrogen and oxygen atoms in total. The molecular weight excluding hydrogens is 196 g/mol. The molecule has 2 heteroatoms. The van der Waals surface area contributed by atoms with Crippen LogP contribution in [0.3, 0.4) is 0 Å². The standard InChI is InChI=1S/C14H24N2/c1-2-5-12(6-3-1)15-13-8-10-16-9-4-7-14(16)11-13/h2,5,12-15H,1,3-4,6-11H2/t12-,13+,14-/m0/s1. The van der Waals surface area contributed by atoms with E-state index in [4.69, 9.17) is 0 Å². The molecule has 1 aliphatic carbocycles. The quantitative estimate of drug-likeness (QED) is 0.718. The van der Waals surface area contributed by atoms with Crippen LogP contribution >= 0.6 is 0 Å². The average molecular weight is 220 g/mol. The van der Waals surface area contributed by atoms with Crippen LogP contribution in [0.5, 0.6) is 0 Å². The minimum absolute atomic E-state index is 0.673. The number of allylic oxidation sites excluding steroid dienone is 1. The minimum Gasteiger partial charge on any atom is -0.308 e. The fourth-order valence-corrected chi connectivity index (χ4v) is 3.63. The van der Waals surface area contributed by atoms with E-state index in [-0.39, 0.29) is 0 Å². The van der Waals surface area contributed by atoms with Gasteiger partial charge in [0, 0.05) is 18.1 Å². The summed E-state index contributed by atoms with van der Waals surface area (Å²) in [5.74, 6) is 0. The van der Waals surface area contributed by atoms with Crippen molar-refractivity contribution in [1.82, 2.24) is 10.2 Å². The number of hydrogen-bond acceptors (Lipinski definition) is 2. The highest BCUT2D eigenvalue weighted by molar-refractivity contribution is 5.00. The Balaban J connectivity index is 1.52. The highest BCUT2D eigenvalue weighted by Crippen LogP contribution is 2.27. The van der Waals surface area contributed by atoms with Gasteiger partial charge in [-0.1, -0.05) is 12.2 Å². The number of nitrogens with one attached hydrogen (secondary N) is 1. The summed E-state index contributed by atoms with van der Waals surface area (Å²) in [5.41, 5.74) is 0. The molecule has 2 heterocycles. The summed E-state index contributed by atoms with van der Waals surface area (Å²) in [6.45, 7) is 2.69. The first-order valence-electron chi connectivity index (χ1n) is 7.08. The van der Waals surface area contributed by atoms with E-state index in [1.807, 2.05) is 0 Å². The fourth-order valence-electron chi connectivity index (χ4n) is 3.63. The van der Waals surface area contributed by atoms with Crippen LogP contribution in [0.2, 0.25) is 0 Å². The van der Waals surface area contributed by atoms with Crippen LogP contribution in [0.1, 0.15) is 44.9 Å². The molecular formula is C14H24N2. The van der Waals surface area contributed by atoms with E-state index in [2.05, 4.69) is 22.4 Å². The number of fused-ring (bicyclic) bond motifs is 1. The van der Waals surface area contributed by atoms with Crippen LogP contribution in [-0.2, 0) is 0 Å². The highest BCUT2D eigenvalue weighted by atomic mass is 15.2. The van der Waals surface area contributed by atoms with E-state index >= 15 is 0 Å². The van der Waals surface area contributed by atoms with Gasteiger partial charge in [-0.2, -0.15) is 0 Å². The third-order valence-corrected chi connectivity index (χ3v) is 4.52. The van der Waals surface area contributed by atoms with E-state index in [9.17, 15) is 0 Å². The Kier molecular flexibility index (Phi) is 3.30. The maximum absolute atomic E-state index is 3.86. The fraction of sp³-hybridized carbons (Fsp3) is 0.857. The molecule has 3 aliphatic rings. The Bertz CT molecular complexity index is 261. The van der Waals surface area contributed by atoms with Gasteiger partial charge in [0.05, 0.1) is 0 Å². The second-order valence-electron chi connectivity index (χ2n) is 5.69. The van der Waals surface area contributed by atoms with Crippen molar-refractivity contribution in [1.29, 1.82) is 0 Å². The van der Waals surface area contributed by atoms with Crippen LogP contribution < -0.4 is 5.32 Å². The molecule has 1 N–H and O–H groups in total. The monoisotopic (exact) mass is 220 g/mol. The topological polar surface area (TPSA) is 15.3 Å². The summed E-state index contributed by atoms with van der Waals surface area (Å²) < 4.78 is 0. The van der Waals surface area contributed by atoms with E-state index in [0.717, 1.165) is 12.1 Å². The number of nitrogens with zero attached hydrogens (tertiary/aromatic N) is 1. The Morgan fingerprint density at radius 1 is 1.06 bits per heavy atom. The third-order valence-electron chi connectivity index (χ3n) is 4.52. The largest absolute Gasteiger partial charge is 0.308 e. The second-order valence-corrected chi connectivity index (χ2v) is 5.69. The van der Waals surface area contributed by atoms with E-state index in [1.165, 1.54) is 58.0 Å². The zero-order chi connectivity index (χ0) is 10.8. The minimum atomic E-state index is 0.673. The maximum atomic E-state index is 3.86. The molecule has 3 rings (SSSR count). The van der Waals surface area contributed by atoms with Crippen molar-refractivity contribution in [3.63, 3.8) is 0 Å². The summed E-state index contributed by atoms with van der Waals surface area (Å²) in [5, 5.41) is 3.86. The van der Waals surface area contributed by atoms with E-state index in [1.54, 1.807) is 0 Å². The van der Waals surface area contributed by atoms with Crippen LogP contribution in [0.25, 0.3) is 0 Å². The van der Waals surface area contributed by atoms with Gasteiger partial charge in [-0.05, 0) is 58.0 Å². The van der Waals surface area contributed by atoms with Crippen LogP contribution in [0.15, 0.2) is 12.2 Å². The predicted molar refractivity (Wildman–Crippen MR) is 67.5 cm³/mol. The van der Waals surface area contributed by atoms with Gasteiger partial charge in [0.1, 0.15) is 0 Å². The lowest BCUT2D eigenvalue weighted by Gasteiger charge is -2.37. The molecule has 2 aliphatic heterocycles. The molecule has 3 atom stereocenters. The Hall–Kier alpha value is -0.340. The van der Waals surface area contributed by atoms with E-state index in [0.29, 0.717) is 6.04 Å². The first-order chi connectivity index (χ1) is 7.92. The lowest BCUT2D eigenvalue weighted by atomic mass is 9.95. The summed E-state index contributed by atoms with van der Waals surface area (Å²) in [4.78, 5) is 2.70. The molecule has 0 radical (unpaired) electrons. The number of piperidine rings is 1. The lowest BCUT2D eigenvalue weighted by Crippen LogP contribution is -2.48. The van der Waals surface area contributed by atoms with E-state index < -0.39 is 0 Å². The average Bonchev–Trinajstić information content (AvgIpc) is 2.77. The Labute approximate surface area is 99.1 Å². The molecule has 0 aromatic heterocycles. The van der Waals surface area contributed by atoms with Crippen molar-refractivity contribution in [3.8, 4) is 0 Å². The molecule has 0 amide bonds. The van der Waals surface area contributed by atoms with Gasteiger partial charge in [-0.15, -0.1) is 0 Å². The highest BCUT2D eigenvalue weighted by Gasteiger charge is 2.32. The van der Waals surface area contributed by atoms with Gasteiger partial charge in [0.2, 0.25) is 0 Å². The summed E-state index contributed by atoms with van der Waals surface area (Å²) in [7, 11) is 0. The molecule has 0 unspecified atom stereocenters. The molecule has 0 saturated carbocycles. The molecule has 90 valence electrons. The van der Waals surface area contributed by atoms with Gasteiger partial charge >= 0.3 is 0 Å². The summed E-state index contributed by atoms with van der Waals surface area (Å²) in [6.07, 6.45) is 14.4. The van der Waals surface area contributed by atoms with Gasteiger partial charge < -0.3 is 10.2 Å². The number of hydrogen-bond donors (Lipinski definition) is 1. The first-order valence-corrected chi connectivity index (χ1v) is 7.08. The zero-order valence-electron chi connectivity index (χ0n) is 10.2. The van der Waals surface area contributed by atoms with Gasteiger partial charge in [0.25, 0.3) is 0 Å². The van der Waals surface area contributed by atoms with Crippen molar-refractivity contribution in [3.05, 3.63) is 12.2 Å². The Morgan fingerprint density at radius 2 is 2.06 bits per heavy atom. The summed E-state index contributed by atoms with van der Waals surface area (Å²) in [6, 6.07) is 2.36. The van der Waals surface area contributed by atoms with Crippen LogP contribution in [0, 0.1) is 0 Å². The SMILES string of the molecule is C1=C[C@H](N[C@@H]2CCN3CCC[C@H]3C2)CCC1. The number of rotatable bonds is 2. The molecule has 0 spiro atoms. The molecule has 2 fully saturated rings. The molecule has 16 heavy (non-hydrogen) atoms. The molecule has 0 aromatic rings. The van der Waals surface area contributed by atoms with Gasteiger partial charge in [-0.3, -0.25) is 0 Å². The summed E-state index contributed by atoms with van der Waals surface area (Å²) >= 11 is 0. The van der Waals surface area contributed by atoms with Crippen molar-refractivity contribution >= 4 is 0 Å². The van der Waals surface area contributed by atoms with Crippen molar-refractivity contribution in [2.45, 2.75) is 63.1 Å². The lowest BCUT2D eigenvalue weighted by molar-refractivity contribution is 0.162. The first kappa shape index (κ1) is 10.8. The van der Waals surface area contributed by atoms with Crippen molar-refractivity contribution < 1.29 is 0 Å². The molecule has 0 bridgehead atoms. The zero-order valence-corrected chi connectivity index (χ0v) is 10.2. The smallest absolute Gasteiger partial charge is 0.0252 e. The van der Waals surface area contributed by atoms with Crippen LogP contribution in [0.4, 0.5) is 0 Å². The normalized spacial score (nSPS) is 39.9. The molecule has 2 saturated heterocycles.